The van der Waals surface area contributed by atoms with E-state index in [1.54, 1.807) is 7.11 Å². The molecule has 1 heterocycles. The maximum atomic E-state index is 5.75. The molecule has 0 radical (unpaired) electrons. The number of methoxy groups -OCH3 is 1. The van der Waals surface area contributed by atoms with Gasteiger partial charge in [0, 0.05) is 17.8 Å². The molecule has 0 saturated heterocycles. The van der Waals surface area contributed by atoms with E-state index in [1.165, 1.54) is 0 Å². The van der Waals surface area contributed by atoms with Crippen molar-refractivity contribution in [2.45, 2.75) is 13.5 Å². The molecule has 2 N–H and O–H groups in total. The lowest BCUT2D eigenvalue weighted by Gasteiger charge is -2.11. The molecule has 1 aromatic heterocycles. The van der Waals surface area contributed by atoms with Crippen LogP contribution < -0.4 is 15.2 Å². The van der Waals surface area contributed by atoms with Crippen LogP contribution in [-0.4, -0.2) is 17.1 Å². The fourth-order valence-electron chi connectivity index (χ4n) is 1.84. The molecular formula is C15H16N2O2S. The summed E-state index contributed by atoms with van der Waals surface area (Å²) >= 11 is 5.00. The first-order valence-corrected chi connectivity index (χ1v) is 6.54. The lowest BCUT2D eigenvalue weighted by molar-refractivity contribution is 0.299. The molecule has 0 bridgehead atoms. The van der Waals surface area contributed by atoms with Crippen molar-refractivity contribution >= 4 is 17.2 Å². The third-order valence-corrected chi connectivity index (χ3v) is 2.96. The van der Waals surface area contributed by atoms with E-state index < -0.39 is 0 Å². The Bertz CT molecular complexity index is 629. The number of para-hydroxylation sites is 1. The van der Waals surface area contributed by atoms with Crippen molar-refractivity contribution < 1.29 is 9.47 Å². The van der Waals surface area contributed by atoms with Gasteiger partial charge < -0.3 is 15.2 Å². The van der Waals surface area contributed by atoms with Crippen LogP contribution in [0.1, 0.15) is 17.0 Å². The molecule has 2 rings (SSSR count). The van der Waals surface area contributed by atoms with Gasteiger partial charge in [-0.15, -0.1) is 0 Å². The van der Waals surface area contributed by atoms with Gasteiger partial charge in [0.05, 0.1) is 18.4 Å². The molecule has 0 spiro atoms. The molecule has 0 fully saturated rings. The number of pyridine rings is 1. The number of hydrogen-bond acceptors (Lipinski definition) is 4. The zero-order valence-corrected chi connectivity index (χ0v) is 12.2. The van der Waals surface area contributed by atoms with Gasteiger partial charge in [-0.3, -0.25) is 4.98 Å². The summed E-state index contributed by atoms with van der Waals surface area (Å²) in [4.78, 5) is 4.72. The van der Waals surface area contributed by atoms with Crippen LogP contribution in [0.2, 0.25) is 0 Å². The molecule has 0 saturated carbocycles. The van der Waals surface area contributed by atoms with Gasteiger partial charge in [-0.1, -0.05) is 24.4 Å². The highest BCUT2D eigenvalue weighted by atomic mass is 32.1. The highest BCUT2D eigenvalue weighted by molar-refractivity contribution is 7.80. The van der Waals surface area contributed by atoms with Crippen molar-refractivity contribution in [2.75, 3.05) is 7.11 Å². The Labute approximate surface area is 123 Å². The van der Waals surface area contributed by atoms with Gasteiger partial charge in [0.2, 0.25) is 0 Å². The predicted octanol–water partition coefficient (Wildman–Crippen LogP) is 2.61. The van der Waals surface area contributed by atoms with Crippen LogP contribution in [0.15, 0.2) is 36.4 Å². The molecule has 20 heavy (non-hydrogen) atoms. The normalized spacial score (nSPS) is 10.1. The van der Waals surface area contributed by atoms with Gasteiger partial charge in [0.15, 0.2) is 0 Å². The Morgan fingerprint density at radius 2 is 2.05 bits per heavy atom. The third kappa shape index (κ3) is 3.45. The number of rotatable bonds is 5. The first-order chi connectivity index (χ1) is 9.60. The van der Waals surface area contributed by atoms with E-state index in [0.717, 1.165) is 22.7 Å². The SMILES string of the molecule is COc1cc(C)nc(COc2ccccc2C(N)=S)c1. The van der Waals surface area contributed by atoms with Crippen molar-refractivity contribution in [3.63, 3.8) is 0 Å². The maximum Gasteiger partial charge on any atom is 0.130 e. The molecule has 4 nitrogen and oxygen atoms in total. The van der Waals surface area contributed by atoms with E-state index in [-0.39, 0.29) is 0 Å². The summed E-state index contributed by atoms with van der Waals surface area (Å²) < 4.78 is 11.0. The van der Waals surface area contributed by atoms with Gasteiger partial charge >= 0.3 is 0 Å². The minimum Gasteiger partial charge on any atom is -0.497 e. The Balaban J connectivity index is 2.17. The number of aryl methyl sites for hydroxylation is 1. The van der Waals surface area contributed by atoms with Crippen molar-refractivity contribution in [1.82, 2.24) is 4.98 Å². The first kappa shape index (κ1) is 14.3. The van der Waals surface area contributed by atoms with E-state index in [2.05, 4.69) is 4.98 Å². The van der Waals surface area contributed by atoms with Gasteiger partial charge in [0.25, 0.3) is 0 Å². The molecule has 104 valence electrons. The molecule has 0 atom stereocenters. The van der Waals surface area contributed by atoms with Gasteiger partial charge in [0.1, 0.15) is 23.1 Å². The fraction of sp³-hybridized carbons (Fsp3) is 0.200. The van der Waals surface area contributed by atoms with Crippen LogP contribution in [0.4, 0.5) is 0 Å². The number of aromatic nitrogens is 1. The van der Waals surface area contributed by atoms with Gasteiger partial charge in [-0.25, -0.2) is 0 Å². The summed E-state index contributed by atoms with van der Waals surface area (Å²) in [6, 6.07) is 11.1. The second-order valence-electron chi connectivity index (χ2n) is 4.29. The number of nitrogens with two attached hydrogens (primary N) is 1. The van der Waals surface area contributed by atoms with Crippen molar-refractivity contribution in [3.05, 3.63) is 53.3 Å². The first-order valence-electron chi connectivity index (χ1n) is 6.13. The van der Waals surface area contributed by atoms with E-state index in [1.807, 2.05) is 43.3 Å². The number of hydrogen-bond donors (Lipinski definition) is 1. The Morgan fingerprint density at radius 1 is 1.30 bits per heavy atom. The third-order valence-electron chi connectivity index (χ3n) is 2.74. The molecule has 0 aliphatic carbocycles. The lowest BCUT2D eigenvalue weighted by atomic mass is 10.2. The van der Waals surface area contributed by atoms with Crippen LogP contribution in [0.5, 0.6) is 11.5 Å². The minimum atomic E-state index is 0.315. The largest absolute Gasteiger partial charge is 0.497 e. The minimum absolute atomic E-state index is 0.315. The zero-order chi connectivity index (χ0) is 14.5. The molecular weight excluding hydrogens is 272 g/mol. The number of benzene rings is 1. The van der Waals surface area contributed by atoms with E-state index in [0.29, 0.717) is 17.3 Å². The number of thiocarbonyl (C=S) groups is 1. The molecule has 5 heteroatoms. The van der Waals surface area contributed by atoms with E-state index in [9.17, 15) is 0 Å². The Kier molecular flexibility index (Phi) is 4.53. The summed E-state index contributed by atoms with van der Waals surface area (Å²) in [6.07, 6.45) is 0. The van der Waals surface area contributed by atoms with Gasteiger partial charge in [-0.2, -0.15) is 0 Å². The average Bonchev–Trinajstić information content (AvgIpc) is 2.44. The van der Waals surface area contributed by atoms with Crippen molar-refractivity contribution in [2.24, 2.45) is 5.73 Å². The quantitative estimate of drug-likeness (QED) is 0.857. The molecule has 0 amide bonds. The Hall–Kier alpha value is -2.14. The standard InChI is InChI=1S/C15H16N2O2S/c1-10-7-12(18-2)8-11(17-10)9-19-14-6-4-3-5-13(14)15(16)20/h3-8H,9H2,1-2H3,(H2,16,20). The van der Waals surface area contributed by atoms with Crippen molar-refractivity contribution in [3.8, 4) is 11.5 Å². The summed E-state index contributed by atoms with van der Waals surface area (Å²) in [5.74, 6) is 1.42. The molecule has 0 aliphatic rings. The van der Waals surface area contributed by atoms with Crippen LogP contribution >= 0.6 is 12.2 Å². The summed E-state index contributed by atoms with van der Waals surface area (Å²) in [6.45, 7) is 2.24. The Morgan fingerprint density at radius 3 is 2.75 bits per heavy atom. The fourth-order valence-corrected chi connectivity index (χ4v) is 2.01. The molecule has 1 aromatic carbocycles. The topological polar surface area (TPSA) is 57.4 Å². The molecule has 0 aliphatic heterocycles. The second kappa shape index (κ2) is 6.34. The van der Waals surface area contributed by atoms with Crippen LogP contribution in [0.25, 0.3) is 0 Å². The highest BCUT2D eigenvalue weighted by Gasteiger charge is 2.07. The zero-order valence-electron chi connectivity index (χ0n) is 11.4. The molecule has 2 aromatic rings. The summed E-state index contributed by atoms with van der Waals surface area (Å²) in [5.41, 5.74) is 8.06. The lowest BCUT2D eigenvalue weighted by Crippen LogP contribution is -2.11. The monoisotopic (exact) mass is 288 g/mol. The smallest absolute Gasteiger partial charge is 0.130 e. The number of ether oxygens (including phenoxy) is 2. The highest BCUT2D eigenvalue weighted by Crippen LogP contribution is 2.20. The van der Waals surface area contributed by atoms with Crippen LogP contribution in [0, 0.1) is 6.92 Å². The number of nitrogens with zero attached hydrogens (tertiary/aromatic N) is 1. The van der Waals surface area contributed by atoms with Crippen molar-refractivity contribution in [1.29, 1.82) is 0 Å². The van der Waals surface area contributed by atoms with Gasteiger partial charge in [-0.05, 0) is 19.1 Å². The van der Waals surface area contributed by atoms with E-state index in [4.69, 9.17) is 27.4 Å². The summed E-state index contributed by atoms with van der Waals surface area (Å²) in [5, 5.41) is 0. The second-order valence-corrected chi connectivity index (χ2v) is 4.73. The van der Waals surface area contributed by atoms with E-state index >= 15 is 0 Å². The predicted molar refractivity (Wildman–Crippen MR) is 82.2 cm³/mol. The van der Waals surface area contributed by atoms with Crippen LogP contribution in [-0.2, 0) is 6.61 Å². The average molecular weight is 288 g/mol. The maximum absolute atomic E-state index is 5.75. The van der Waals surface area contributed by atoms with Crippen LogP contribution in [0.3, 0.4) is 0 Å². The summed E-state index contributed by atoms with van der Waals surface area (Å²) in [7, 11) is 1.63. The molecule has 0 unspecified atom stereocenters.